The molecule has 0 bridgehead atoms. The van der Waals surface area contributed by atoms with Gasteiger partial charge in [-0.25, -0.2) is 0 Å². The summed E-state index contributed by atoms with van der Waals surface area (Å²) in [4.78, 5) is 0. The van der Waals surface area contributed by atoms with Crippen molar-refractivity contribution in [2.24, 2.45) is 29.1 Å². The zero-order chi connectivity index (χ0) is 12.3. The summed E-state index contributed by atoms with van der Waals surface area (Å²) in [7, 11) is 0. The van der Waals surface area contributed by atoms with Crippen LogP contribution in [0.5, 0.6) is 0 Å². The highest BCUT2D eigenvalue weighted by Crippen LogP contribution is 2.43. The molecule has 0 aromatic rings. The number of rotatable bonds is 2. The molecule has 0 amide bonds. The molecule has 0 aliphatic heterocycles. The number of hydrogen-bond donors (Lipinski definition) is 0. The van der Waals surface area contributed by atoms with E-state index >= 15 is 0 Å². The van der Waals surface area contributed by atoms with Crippen molar-refractivity contribution in [3.63, 3.8) is 0 Å². The minimum absolute atomic E-state index is 0.572. The van der Waals surface area contributed by atoms with E-state index in [4.69, 9.17) is 0 Å². The lowest BCUT2D eigenvalue weighted by Crippen LogP contribution is -2.31. The molecule has 2 unspecified atom stereocenters. The quantitative estimate of drug-likeness (QED) is 0.579. The first-order valence-corrected chi connectivity index (χ1v) is 7.33. The lowest BCUT2D eigenvalue weighted by Gasteiger charge is -2.41. The molecule has 1 aliphatic rings. The van der Waals surface area contributed by atoms with Crippen molar-refractivity contribution in [2.75, 3.05) is 0 Å². The van der Waals surface area contributed by atoms with Crippen molar-refractivity contribution in [3.8, 4) is 0 Å². The molecular weight excluding hydrogens is 192 g/mol. The largest absolute Gasteiger partial charge is 0.0625 e. The average molecular weight is 224 g/mol. The van der Waals surface area contributed by atoms with Gasteiger partial charge in [0, 0.05) is 0 Å². The fraction of sp³-hybridized carbons (Fsp3) is 1.00. The molecule has 2 atom stereocenters. The van der Waals surface area contributed by atoms with Crippen LogP contribution in [0.4, 0.5) is 0 Å². The summed E-state index contributed by atoms with van der Waals surface area (Å²) in [5.74, 6) is 3.61. The molecule has 0 radical (unpaired) electrons. The third-order valence-electron chi connectivity index (χ3n) is 4.69. The molecule has 0 spiro atoms. The Labute approximate surface area is 103 Å². The molecule has 0 saturated heterocycles. The van der Waals surface area contributed by atoms with Crippen LogP contribution in [0.1, 0.15) is 73.6 Å². The van der Waals surface area contributed by atoms with Crippen LogP contribution in [-0.4, -0.2) is 0 Å². The Bertz CT molecular complexity index is 200. The summed E-state index contributed by atoms with van der Waals surface area (Å²) in [6.07, 6.45) is 7.24. The highest BCUT2D eigenvalue weighted by Gasteiger charge is 2.33. The predicted molar refractivity (Wildman–Crippen MR) is 73.5 cm³/mol. The van der Waals surface area contributed by atoms with E-state index in [-0.39, 0.29) is 0 Å². The van der Waals surface area contributed by atoms with Crippen LogP contribution >= 0.6 is 0 Å². The van der Waals surface area contributed by atoms with Gasteiger partial charge in [-0.15, -0.1) is 0 Å². The van der Waals surface area contributed by atoms with Gasteiger partial charge in [0.2, 0.25) is 0 Å². The van der Waals surface area contributed by atoms with E-state index in [1.165, 1.54) is 32.1 Å². The minimum atomic E-state index is 0.572. The molecular formula is C16H32. The highest BCUT2D eigenvalue weighted by atomic mass is 14.4. The third-order valence-corrected chi connectivity index (χ3v) is 4.69. The Kier molecular flexibility index (Phi) is 4.88. The van der Waals surface area contributed by atoms with Gasteiger partial charge in [0.25, 0.3) is 0 Å². The monoisotopic (exact) mass is 224 g/mol. The second kappa shape index (κ2) is 5.56. The van der Waals surface area contributed by atoms with Crippen molar-refractivity contribution >= 4 is 0 Å². The lowest BCUT2D eigenvalue weighted by atomic mass is 9.65. The molecule has 16 heavy (non-hydrogen) atoms. The van der Waals surface area contributed by atoms with Crippen LogP contribution in [-0.2, 0) is 0 Å². The molecule has 1 fully saturated rings. The molecule has 0 aromatic heterocycles. The van der Waals surface area contributed by atoms with Gasteiger partial charge in [0.15, 0.2) is 0 Å². The normalized spacial score (nSPS) is 31.5. The van der Waals surface area contributed by atoms with Gasteiger partial charge >= 0.3 is 0 Å². The minimum Gasteiger partial charge on any atom is -0.0625 e. The van der Waals surface area contributed by atoms with Gasteiger partial charge in [0.1, 0.15) is 0 Å². The van der Waals surface area contributed by atoms with E-state index in [0.29, 0.717) is 5.41 Å². The molecule has 0 nitrogen and oxygen atoms in total. The molecule has 96 valence electrons. The molecule has 0 heteroatoms. The second-order valence-corrected chi connectivity index (χ2v) is 7.43. The van der Waals surface area contributed by atoms with E-state index in [2.05, 4.69) is 41.5 Å². The second-order valence-electron chi connectivity index (χ2n) is 7.43. The zero-order valence-electron chi connectivity index (χ0n) is 12.3. The van der Waals surface area contributed by atoms with Crippen LogP contribution in [0.3, 0.4) is 0 Å². The maximum absolute atomic E-state index is 2.48. The van der Waals surface area contributed by atoms with Crippen molar-refractivity contribution in [3.05, 3.63) is 0 Å². The molecule has 1 saturated carbocycles. The van der Waals surface area contributed by atoms with Crippen LogP contribution in [0.2, 0.25) is 0 Å². The maximum atomic E-state index is 2.48. The van der Waals surface area contributed by atoms with E-state index in [9.17, 15) is 0 Å². The highest BCUT2D eigenvalue weighted by molar-refractivity contribution is 4.84. The number of hydrogen-bond acceptors (Lipinski definition) is 0. The molecule has 1 rings (SSSR count). The summed E-state index contributed by atoms with van der Waals surface area (Å²) in [6.45, 7) is 14.7. The Morgan fingerprint density at radius 2 is 1.44 bits per heavy atom. The smallest absolute Gasteiger partial charge is 0.0351 e. The Balaban J connectivity index is 2.81. The lowest BCUT2D eigenvalue weighted by molar-refractivity contribution is 0.0956. The van der Waals surface area contributed by atoms with Crippen LogP contribution < -0.4 is 0 Å². The first-order valence-electron chi connectivity index (χ1n) is 7.33. The van der Waals surface area contributed by atoms with Gasteiger partial charge in [0.05, 0.1) is 0 Å². The average Bonchev–Trinajstić information content (AvgIpc) is 2.11. The van der Waals surface area contributed by atoms with Crippen molar-refractivity contribution < 1.29 is 0 Å². The summed E-state index contributed by atoms with van der Waals surface area (Å²) in [6, 6.07) is 0. The summed E-state index contributed by atoms with van der Waals surface area (Å²) in [5, 5.41) is 0. The first-order chi connectivity index (χ1) is 7.33. The van der Waals surface area contributed by atoms with E-state index in [1.54, 1.807) is 0 Å². The van der Waals surface area contributed by atoms with Gasteiger partial charge < -0.3 is 0 Å². The summed E-state index contributed by atoms with van der Waals surface area (Å²) >= 11 is 0. The first kappa shape index (κ1) is 14.1. The van der Waals surface area contributed by atoms with Crippen molar-refractivity contribution in [2.45, 2.75) is 73.6 Å². The Morgan fingerprint density at radius 1 is 0.875 bits per heavy atom. The zero-order valence-corrected chi connectivity index (χ0v) is 12.3. The van der Waals surface area contributed by atoms with Crippen molar-refractivity contribution in [1.82, 2.24) is 0 Å². The molecule has 0 N–H and O–H groups in total. The SMILES string of the molecule is CC(C)C1CCCCC(C)(C)CC1C(C)C. The molecule has 0 heterocycles. The topological polar surface area (TPSA) is 0 Å². The summed E-state index contributed by atoms with van der Waals surface area (Å²) < 4.78 is 0. The van der Waals surface area contributed by atoms with Gasteiger partial charge in [-0.2, -0.15) is 0 Å². The summed E-state index contributed by atoms with van der Waals surface area (Å²) in [5.41, 5.74) is 0.572. The standard InChI is InChI=1S/C16H32/c1-12(2)14-9-7-8-10-16(5,6)11-15(14)13(3)4/h12-15H,7-11H2,1-6H3. The van der Waals surface area contributed by atoms with E-state index < -0.39 is 0 Å². The maximum Gasteiger partial charge on any atom is -0.0351 e. The van der Waals surface area contributed by atoms with Crippen LogP contribution in [0.15, 0.2) is 0 Å². The van der Waals surface area contributed by atoms with Gasteiger partial charge in [-0.3, -0.25) is 0 Å². The Hall–Kier alpha value is 0. The predicted octanol–water partition coefficient (Wildman–Crippen LogP) is 5.52. The van der Waals surface area contributed by atoms with Crippen molar-refractivity contribution in [1.29, 1.82) is 0 Å². The van der Waals surface area contributed by atoms with Gasteiger partial charge in [-0.05, 0) is 48.3 Å². The fourth-order valence-electron chi connectivity index (χ4n) is 3.65. The van der Waals surface area contributed by atoms with Crippen LogP contribution in [0.25, 0.3) is 0 Å². The fourth-order valence-corrected chi connectivity index (χ4v) is 3.65. The third kappa shape index (κ3) is 3.79. The van der Waals surface area contributed by atoms with E-state index in [0.717, 1.165) is 23.7 Å². The molecule has 1 aliphatic carbocycles. The molecule has 0 aromatic carbocycles. The van der Waals surface area contributed by atoms with Crippen LogP contribution in [0, 0.1) is 29.1 Å². The Morgan fingerprint density at radius 3 is 1.94 bits per heavy atom. The van der Waals surface area contributed by atoms with Gasteiger partial charge in [-0.1, -0.05) is 54.4 Å². The van der Waals surface area contributed by atoms with E-state index in [1.807, 2.05) is 0 Å².